The predicted molar refractivity (Wildman–Crippen MR) is 64.7 cm³/mol. The number of ether oxygens (including phenoxy) is 1. The Morgan fingerprint density at radius 2 is 2.28 bits per heavy atom. The number of rotatable bonds is 6. The number of esters is 1. The van der Waals surface area contributed by atoms with E-state index in [0.717, 1.165) is 4.68 Å². The average Bonchev–Trinajstić information content (AvgIpc) is 2.59. The molecule has 7 nitrogen and oxygen atoms in total. The lowest BCUT2D eigenvalue weighted by Crippen LogP contribution is -2.28. The third kappa shape index (κ3) is 3.69. The van der Waals surface area contributed by atoms with Gasteiger partial charge in [0.2, 0.25) is 0 Å². The van der Waals surface area contributed by atoms with Crippen molar-refractivity contribution in [2.24, 2.45) is 7.05 Å². The largest absolute Gasteiger partial charge is 0.466 e. The van der Waals surface area contributed by atoms with Crippen LogP contribution in [0, 0.1) is 0 Å². The summed E-state index contributed by atoms with van der Waals surface area (Å²) < 4.78 is 31.8. The van der Waals surface area contributed by atoms with Crippen molar-refractivity contribution in [2.45, 2.75) is 18.4 Å². The highest BCUT2D eigenvalue weighted by Crippen LogP contribution is 2.19. The van der Waals surface area contributed by atoms with Crippen LogP contribution in [0.3, 0.4) is 0 Å². The molecule has 1 heterocycles. The summed E-state index contributed by atoms with van der Waals surface area (Å²) in [5.41, 5.74) is 0. The Balaban J connectivity index is 2.64. The minimum Gasteiger partial charge on any atom is -0.466 e. The smallest absolute Gasteiger partial charge is 0.307 e. The van der Waals surface area contributed by atoms with Crippen LogP contribution in [0.1, 0.15) is 13.3 Å². The number of carbonyl (C=O) groups excluding carboxylic acids is 1. The number of nitrogens with one attached hydrogen (secondary N) is 1. The first-order valence-corrected chi connectivity index (χ1v) is 7.07. The lowest BCUT2D eigenvalue weighted by molar-refractivity contribution is -0.142. The lowest BCUT2D eigenvalue weighted by Gasteiger charge is -2.07. The van der Waals surface area contributed by atoms with Crippen molar-refractivity contribution in [3.05, 3.63) is 11.2 Å². The van der Waals surface area contributed by atoms with Crippen LogP contribution in [0.2, 0.25) is 5.02 Å². The normalized spacial score (nSPS) is 11.5. The first-order valence-electron chi connectivity index (χ1n) is 5.21. The Morgan fingerprint density at radius 1 is 1.61 bits per heavy atom. The van der Waals surface area contributed by atoms with Gasteiger partial charge in [-0.05, 0) is 6.92 Å². The van der Waals surface area contributed by atoms with E-state index in [1.807, 2.05) is 0 Å². The first kappa shape index (κ1) is 14.9. The van der Waals surface area contributed by atoms with Crippen molar-refractivity contribution in [1.29, 1.82) is 0 Å². The maximum atomic E-state index is 11.9. The molecular formula is C9H14ClN3O4S. The van der Waals surface area contributed by atoms with Gasteiger partial charge in [-0.25, -0.2) is 13.1 Å². The van der Waals surface area contributed by atoms with E-state index in [0.29, 0.717) is 0 Å². The van der Waals surface area contributed by atoms with Crippen molar-refractivity contribution < 1.29 is 17.9 Å². The monoisotopic (exact) mass is 295 g/mol. The molecule has 102 valence electrons. The van der Waals surface area contributed by atoms with Crippen LogP contribution in [-0.4, -0.2) is 37.3 Å². The first-order chi connectivity index (χ1) is 8.38. The van der Waals surface area contributed by atoms with E-state index >= 15 is 0 Å². The fraction of sp³-hybridized carbons (Fsp3) is 0.556. The number of hydrogen-bond acceptors (Lipinski definition) is 5. The van der Waals surface area contributed by atoms with E-state index in [9.17, 15) is 13.2 Å². The molecule has 1 N–H and O–H groups in total. The minimum absolute atomic E-state index is 0.0288. The van der Waals surface area contributed by atoms with Gasteiger partial charge in [0, 0.05) is 13.6 Å². The standard InChI is InChI=1S/C9H14ClN3O4S/c1-3-17-8(14)4-5-12-18(15,16)9-7(10)6-11-13(9)2/h6,12H,3-5H2,1-2H3. The van der Waals surface area contributed by atoms with E-state index < -0.39 is 16.0 Å². The van der Waals surface area contributed by atoms with Crippen LogP contribution in [-0.2, 0) is 26.6 Å². The predicted octanol–water partition coefficient (Wildman–Crippen LogP) is 0.305. The second-order valence-corrected chi connectivity index (χ2v) is 5.46. The van der Waals surface area contributed by atoms with Crippen molar-refractivity contribution in [3.8, 4) is 0 Å². The Hall–Kier alpha value is -1.12. The second kappa shape index (κ2) is 6.17. The summed E-state index contributed by atoms with van der Waals surface area (Å²) in [4.78, 5) is 11.0. The van der Waals surface area contributed by atoms with Gasteiger partial charge in [0.05, 0.1) is 24.2 Å². The third-order valence-electron chi connectivity index (χ3n) is 2.02. The molecule has 0 aromatic carbocycles. The van der Waals surface area contributed by atoms with E-state index in [1.165, 1.54) is 13.2 Å². The summed E-state index contributed by atoms with van der Waals surface area (Å²) in [5, 5.41) is 3.63. The van der Waals surface area contributed by atoms with Crippen LogP contribution >= 0.6 is 11.6 Å². The van der Waals surface area contributed by atoms with Crippen LogP contribution in [0.15, 0.2) is 11.2 Å². The number of aromatic nitrogens is 2. The number of carbonyl (C=O) groups is 1. The summed E-state index contributed by atoms with van der Waals surface area (Å²) in [6, 6.07) is 0. The highest BCUT2D eigenvalue weighted by molar-refractivity contribution is 7.89. The summed E-state index contributed by atoms with van der Waals surface area (Å²) in [6.45, 7) is 1.89. The maximum Gasteiger partial charge on any atom is 0.307 e. The minimum atomic E-state index is -3.78. The molecule has 1 aromatic rings. The highest BCUT2D eigenvalue weighted by Gasteiger charge is 2.22. The Morgan fingerprint density at radius 3 is 2.78 bits per heavy atom. The Kier molecular flexibility index (Phi) is 5.12. The zero-order valence-corrected chi connectivity index (χ0v) is 11.6. The van der Waals surface area contributed by atoms with Crippen molar-refractivity contribution in [3.63, 3.8) is 0 Å². The quantitative estimate of drug-likeness (QED) is 0.763. The van der Waals surface area contributed by atoms with Gasteiger partial charge in [-0.15, -0.1) is 0 Å². The highest BCUT2D eigenvalue weighted by atomic mass is 35.5. The van der Waals surface area contributed by atoms with Gasteiger partial charge in [-0.3, -0.25) is 9.48 Å². The number of sulfonamides is 1. The maximum absolute atomic E-state index is 11.9. The van der Waals surface area contributed by atoms with Crippen molar-refractivity contribution in [2.75, 3.05) is 13.2 Å². The zero-order valence-electron chi connectivity index (χ0n) is 10.0. The Bertz CT molecular complexity index is 506. The van der Waals surface area contributed by atoms with Gasteiger partial charge in [-0.2, -0.15) is 5.10 Å². The molecule has 0 aliphatic carbocycles. The Labute approximate surface area is 110 Å². The second-order valence-electron chi connectivity index (χ2n) is 3.37. The molecule has 0 fully saturated rings. The van der Waals surface area contributed by atoms with Gasteiger partial charge in [0.25, 0.3) is 10.0 Å². The number of nitrogens with zero attached hydrogens (tertiary/aromatic N) is 2. The molecule has 9 heteroatoms. The van der Waals surface area contributed by atoms with Crippen LogP contribution in [0.25, 0.3) is 0 Å². The zero-order chi connectivity index (χ0) is 13.8. The summed E-state index contributed by atoms with van der Waals surface area (Å²) in [5.74, 6) is -0.462. The van der Waals surface area contributed by atoms with Gasteiger partial charge in [0.15, 0.2) is 5.03 Å². The fourth-order valence-electron chi connectivity index (χ4n) is 1.29. The molecule has 1 aromatic heterocycles. The number of aryl methyl sites for hydroxylation is 1. The van der Waals surface area contributed by atoms with Gasteiger partial charge in [-0.1, -0.05) is 11.6 Å². The topological polar surface area (TPSA) is 90.3 Å². The molecule has 0 amide bonds. The molecule has 0 atom stereocenters. The van der Waals surface area contributed by atoms with Crippen LogP contribution in [0.4, 0.5) is 0 Å². The van der Waals surface area contributed by atoms with E-state index in [2.05, 4.69) is 14.6 Å². The van der Waals surface area contributed by atoms with E-state index in [4.69, 9.17) is 11.6 Å². The van der Waals surface area contributed by atoms with Gasteiger partial charge in [0.1, 0.15) is 0 Å². The van der Waals surface area contributed by atoms with Crippen LogP contribution < -0.4 is 4.72 Å². The van der Waals surface area contributed by atoms with Crippen molar-refractivity contribution in [1.82, 2.24) is 14.5 Å². The summed E-state index contributed by atoms with van der Waals surface area (Å²) in [7, 11) is -2.31. The molecule has 0 spiro atoms. The number of hydrogen-bond donors (Lipinski definition) is 1. The van der Waals surface area contributed by atoms with E-state index in [1.54, 1.807) is 6.92 Å². The fourth-order valence-corrected chi connectivity index (χ4v) is 2.97. The van der Waals surface area contributed by atoms with Gasteiger partial charge < -0.3 is 4.74 Å². The lowest BCUT2D eigenvalue weighted by atomic mass is 10.4. The SMILES string of the molecule is CCOC(=O)CCNS(=O)(=O)c1c(Cl)cnn1C. The van der Waals surface area contributed by atoms with Crippen molar-refractivity contribution >= 4 is 27.6 Å². The number of halogens is 1. The van der Waals surface area contributed by atoms with E-state index in [-0.39, 0.29) is 29.6 Å². The molecular weight excluding hydrogens is 282 g/mol. The third-order valence-corrected chi connectivity index (χ3v) is 3.99. The average molecular weight is 296 g/mol. The molecule has 18 heavy (non-hydrogen) atoms. The molecule has 0 saturated heterocycles. The molecule has 0 bridgehead atoms. The molecule has 0 unspecified atom stereocenters. The summed E-state index contributed by atoms with van der Waals surface area (Å²) in [6.07, 6.45) is 1.20. The summed E-state index contributed by atoms with van der Waals surface area (Å²) >= 11 is 5.73. The molecule has 1 rings (SSSR count). The molecule has 0 aliphatic heterocycles. The molecule has 0 saturated carbocycles. The molecule has 0 aliphatic rings. The van der Waals surface area contributed by atoms with Crippen LogP contribution in [0.5, 0.6) is 0 Å². The molecule has 0 radical (unpaired) electrons. The van der Waals surface area contributed by atoms with Gasteiger partial charge >= 0.3 is 5.97 Å².